The largest absolute Gasteiger partial charge is 0.501 e. The molecule has 0 atom stereocenters. The molecule has 0 aromatic heterocycles. The Balaban J connectivity index is 3.10. The Labute approximate surface area is 109 Å². The fourth-order valence-corrected chi connectivity index (χ4v) is 1.69. The summed E-state index contributed by atoms with van der Waals surface area (Å²) < 4.78 is 9.55. The van der Waals surface area contributed by atoms with E-state index in [1.165, 1.54) is 21.3 Å². The van der Waals surface area contributed by atoms with E-state index in [4.69, 9.17) is 9.47 Å². The summed E-state index contributed by atoms with van der Waals surface area (Å²) >= 11 is 0. The molecule has 7 heteroatoms. The lowest BCUT2D eigenvalue weighted by atomic mass is 9.94. The molecular weight excluding hydrogens is 254 g/mol. The number of carbonyl (C=O) groups is 3. The predicted molar refractivity (Wildman–Crippen MR) is 64.0 cm³/mol. The van der Waals surface area contributed by atoms with Crippen molar-refractivity contribution >= 4 is 17.5 Å². The maximum atomic E-state index is 12.0. The molecule has 1 amide bonds. The number of hydrogen-bond donors (Lipinski definition) is 2. The van der Waals surface area contributed by atoms with Gasteiger partial charge >= 0.3 is 0 Å². The van der Waals surface area contributed by atoms with Gasteiger partial charge in [-0.25, -0.2) is 0 Å². The summed E-state index contributed by atoms with van der Waals surface area (Å²) in [5.74, 6) is -3.23. The lowest BCUT2D eigenvalue weighted by Gasteiger charge is -2.18. The van der Waals surface area contributed by atoms with Crippen molar-refractivity contribution in [3.8, 4) is 0 Å². The Morgan fingerprint density at radius 2 is 1.74 bits per heavy atom. The van der Waals surface area contributed by atoms with Gasteiger partial charge in [0.05, 0.1) is 19.8 Å². The minimum Gasteiger partial charge on any atom is -0.501 e. The maximum absolute atomic E-state index is 12.0. The average Bonchev–Trinajstić information content (AvgIpc) is 2.41. The molecule has 7 nitrogen and oxygen atoms in total. The third-order valence-electron chi connectivity index (χ3n) is 2.68. The van der Waals surface area contributed by atoms with Gasteiger partial charge in [0.25, 0.3) is 5.78 Å². The second kappa shape index (κ2) is 6.03. The average molecular weight is 269 g/mol. The Morgan fingerprint density at radius 3 is 2.21 bits per heavy atom. The molecular formula is C12H15NO6. The molecule has 1 aliphatic rings. The van der Waals surface area contributed by atoms with Crippen LogP contribution in [0.1, 0.15) is 12.8 Å². The topological polar surface area (TPSA) is 102 Å². The van der Waals surface area contributed by atoms with Gasteiger partial charge in [-0.2, -0.15) is 0 Å². The molecule has 19 heavy (non-hydrogen) atoms. The number of ether oxygens (including phenoxy) is 2. The standard InChI is InChI=1S/C12H15NO6/c1-13-7(14)5-4-6-8(15)12(19-3)10(17)9(16)11(6)18-2/h17H,4-5H2,1-3H3,(H,13,14). The lowest BCUT2D eigenvalue weighted by molar-refractivity contribution is -0.123. The fraction of sp³-hybridized carbons (Fsp3) is 0.417. The molecule has 0 spiro atoms. The van der Waals surface area contributed by atoms with E-state index in [1.54, 1.807) is 0 Å². The van der Waals surface area contributed by atoms with Gasteiger partial charge < -0.3 is 19.9 Å². The number of allylic oxidation sites excluding steroid dienone is 1. The van der Waals surface area contributed by atoms with Crippen molar-refractivity contribution in [3.05, 3.63) is 22.9 Å². The van der Waals surface area contributed by atoms with Crippen LogP contribution >= 0.6 is 0 Å². The number of Topliss-reactive ketones (excluding diaryl/α,β-unsaturated/α-hetero) is 2. The number of hydrogen-bond acceptors (Lipinski definition) is 6. The lowest BCUT2D eigenvalue weighted by Crippen LogP contribution is -2.27. The van der Waals surface area contributed by atoms with Crippen LogP contribution in [0.5, 0.6) is 0 Å². The van der Waals surface area contributed by atoms with E-state index < -0.39 is 23.1 Å². The number of amides is 1. The summed E-state index contributed by atoms with van der Waals surface area (Å²) in [6.45, 7) is 0. The Morgan fingerprint density at radius 1 is 1.16 bits per heavy atom. The molecule has 0 fully saturated rings. The summed E-state index contributed by atoms with van der Waals surface area (Å²) in [5, 5.41) is 11.9. The first-order valence-corrected chi connectivity index (χ1v) is 5.52. The smallest absolute Gasteiger partial charge is 0.266 e. The van der Waals surface area contributed by atoms with Gasteiger partial charge in [0.1, 0.15) is 0 Å². The number of methoxy groups -OCH3 is 2. The molecule has 0 heterocycles. The molecule has 0 aromatic carbocycles. The Kier molecular flexibility index (Phi) is 4.68. The van der Waals surface area contributed by atoms with E-state index in [2.05, 4.69) is 5.32 Å². The van der Waals surface area contributed by atoms with Crippen LogP contribution in [0.25, 0.3) is 0 Å². The molecule has 1 rings (SSSR count). The summed E-state index contributed by atoms with van der Waals surface area (Å²) in [5.41, 5.74) is 0.0192. The van der Waals surface area contributed by atoms with Crippen LogP contribution in [-0.4, -0.2) is 43.8 Å². The van der Waals surface area contributed by atoms with E-state index in [1.807, 2.05) is 0 Å². The SMILES string of the molecule is CNC(=O)CCC1=C(OC)C(=O)C(O)=C(OC)C1=O. The highest BCUT2D eigenvalue weighted by molar-refractivity contribution is 6.22. The fourth-order valence-electron chi connectivity index (χ4n) is 1.69. The molecule has 0 bridgehead atoms. The molecule has 2 N–H and O–H groups in total. The number of ketones is 2. The first-order chi connectivity index (χ1) is 8.97. The van der Waals surface area contributed by atoms with Crippen LogP contribution < -0.4 is 5.32 Å². The van der Waals surface area contributed by atoms with Crippen LogP contribution in [0.15, 0.2) is 22.9 Å². The van der Waals surface area contributed by atoms with Gasteiger partial charge in [0.15, 0.2) is 5.76 Å². The quantitative estimate of drug-likeness (QED) is 0.680. The molecule has 104 valence electrons. The van der Waals surface area contributed by atoms with Crippen molar-refractivity contribution < 1.29 is 29.0 Å². The molecule has 0 saturated carbocycles. The number of rotatable bonds is 5. The van der Waals surface area contributed by atoms with Crippen LogP contribution in [0, 0.1) is 0 Å². The second-order valence-corrected chi connectivity index (χ2v) is 3.73. The van der Waals surface area contributed by atoms with Crippen LogP contribution in [0.2, 0.25) is 0 Å². The number of nitrogens with one attached hydrogen (secondary N) is 1. The summed E-state index contributed by atoms with van der Waals surface area (Å²) in [4.78, 5) is 35.0. The number of carbonyl (C=O) groups excluding carboxylic acids is 3. The minimum absolute atomic E-state index is 0.0192. The summed E-state index contributed by atoms with van der Waals surface area (Å²) in [7, 11) is 3.85. The van der Waals surface area contributed by atoms with E-state index in [0.717, 1.165) is 0 Å². The molecule has 1 aliphatic carbocycles. The highest BCUT2D eigenvalue weighted by Crippen LogP contribution is 2.27. The van der Waals surface area contributed by atoms with Gasteiger partial charge in [0.2, 0.25) is 23.2 Å². The monoisotopic (exact) mass is 269 g/mol. The highest BCUT2D eigenvalue weighted by atomic mass is 16.5. The second-order valence-electron chi connectivity index (χ2n) is 3.73. The highest BCUT2D eigenvalue weighted by Gasteiger charge is 2.36. The van der Waals surface area contributed by atoms with Crippen molar-refractivity contribution in [3.63, 3.8) is 0 Å². The van der Waals surface area contributed by atoms with Crippen LogP contribution in [0.3, 0.4) is 0 Å². The van der Waals surface area contributed by atoms with Crippen molar-refractivity contribution in [1.82, 2.24) is 5.32 Å². The zero-order chi connectivity index (χ0) is 14.6. The molecule has 0 aliphatic heterocycles. The third-order valence-corrected chi connectivity index (χ3v) is 2.68. The maximum Gasteiger partial charge on any atom is 0.266 e. The molecule has 0 aromatic rings. The van der Waals surface area contributed by atoms with Crippen LogP contribution in [-0.2, 0) is 23.9 Å². The molecule has 0 unspecified atom stereocenters. The van der Waals surface area contributed by atoms with Gasteiger partial charge in [-0.15, -0.1) is 0 Å². The van der Waals surface area contributed by atoms with E-state index >= 15 is 0 Å². The first-order valence-electron chi connectivity index (χ1n) is 5.52. The first kappa shape index (κ1) is 14.7. The van der Waals surface area contributed by atoms with Gasteiger partial charge in [-0.1, -0.05) is 0 Å². The van der Waals surface area contributed by atoms with E-state index in [9.17, 15) is 19.5 Å². The van der Waals surface area contributed by atoms with Crippen molar-refractivity contribution in [2.24, 2.45) is 0 Å². The number of aliphatic hydroxyl groups is 1. The van der Waals surface area contributed by atoms with Crippen molar-refractivity contribution in [2.45, 2.75) is 12.8 Å². The van der Waals surface area contributed by atoms with Gasteiger partial charge in [-0.05, 0) is 6.42 Å². The summed E-state index contributed by atoms with van der Waals surface area (Å²) in [6, 6.07) is 0. The van der Waals surface area contributed by atoms with Crippen LogP contribution in [0.4, 0.5) is 0 Å². The predicted octanol–water partition coefficient (Wildman–Crippen LogP) is -0.0191. The Bertz CT molecular complexity index is 488. The minimum atomic E-state index is -0.828. The van der Waals surface area contributed by atoms with Crippen molar-refractivity contribution in [1.29, 1.82) is 0 Å². The number of aliphatic hydroxyl groups excluding tert-OH is 1. The van der Waals surface area contributed by atoms with E-state index in [-0.39, 0.29) is 30.1 Å². The third kappa shape index (κ3) is 2.75. The molecule has 0 saturated heterocycles. The zero-order valence-corrected chi connectivity index (χ0v) is 10.9. The Hall–Kier alpha value is -2.31. The normalized spacial score (nSPS) is 15.7. The zero-order valence-electron chi connectivity index (χ0n) is 10.9. The summed E-state index contributed by atoms with van der Waals surface area (Å²) in [6.07, 6.45) is 0.0447. The van der Waals surface area contributed by atoms with E-state index in [0.29, 0.717) is 0 Å². The van der Waals surface area contributed by atoms with Gasteiger partial charge in [0, 0.05) is 13.5 Å². The van der Waals surface area contributed by atoms with Crippen molar-refractivity contribution in [2.75, 3.05) is 21.3 Å². The van der Waals surface area contributed by atoms with Gasteiger partial charge in [-0.3, -0.25) is 14.4 Å². The molecule has 0 radical (unpaired) electrons.